The number of ether oxygens (including phenoxy) is 1. The van der Waals surface area contributed by atoms with Crippen molar-refractivity contribution < 1.29 is 9.53 Å². The Bertz CT molecular complexity index is 783. The molecule has 0 aliphatic heterocycles. The van der Waals surface area contributed by atoms with Crippen molar-refractivity contribution >= 4 is 17.7 Å². The molecule has 1 aromatic carbocycles. The number of hydrogen-bond donors (Lipinski definition) is 3. The van der Waals surface area contributed by atoms with Crippen molar-refractivity contribution in [3.05, 3.63) is 59.9 Å². The molecule has 0 fully saturated rings. The van der Waals surface area contributed by atoms with E-state index in [-0.39, 0.29) is 0 Å². The molecular weight excluding hydrogens is 366 g/mol. The molecule has 0 atom stereocenters. The molecule has 29 heavy (non-hydrogen) atoms. The van der Waals surface area contributed by atoms with Crippen LogP contribution in [0.3, 0.4) is 0 Å². The Morgan fingerprint density at radius 2 is 1.86 bits per heavy atom. The number of hydrogen-bond acceptors (Lipinski definition) is 4. The summed E-state index contributed by atoms with van der Waals surface area (Å²) in [7, 11) is 0. The number of aliphatic imine (C=N–C) groups is 1. The van der Waals surface area contributed by atoms with Gasteiger partial charge in [-0.15, -0.1) is 0 Å². The molecule has 2 rings (SSSR count). The van der Waals surface area contributed by atoms with Crippen LogP contribution >= 0.6 is 0 Å². The second kappa shape index (κ2) is 11.0. The van der Waals surface area contributed by atoms with E-state index in [2.05, 4.69) is 25.9 Å². The highest BCUT2D eigenvalue weighted by molar-refractivity contribution is 5.84. The van der Waals surface area contributed by atoms with Gasteiger partial charge in [-0.25, -0.2) is 9.79 Å². The van der Waals surface area contributed by atoms with Crippen molar-refractivity contribution in [3.8, 4) is 0 Å². The molecule has 7 nitrogen and oxygen atoms in total. The highest BCUT2D eigenvalue weighted by Crippen LogP contribution is 2.13. The van der Waals surface area contributed by atoms with Gasteiger partial charge in [0.05, 0.1) is 12.2 Å². The summed E-state index contributed by atoms with van der Waals surface area (Å²) in [4.78, 5) is 20.7. The summed E-state index contributed by atoms with van der Waals surface area (Å²) in [5.74, 6) is 0.765. The van der Waals surface area contributed by atoms with Crippen LogP contribution in [0.1, 0.15) is 39.0 Å². The molecule has 0 aliphatic carbocycles. The van der Waals surface area contributed by atoms with Gasteiger partial charge in [-0.05, 0) is 63.9 Å². The van der Waals surface area contributed by atoms with E-state index in [1.807, 2.05) is 70.2 Å². The highest BCUT2D eigenvalue weighted by Gasteiger charge is 2.16. The van der Waals surface area contributed by atoms with E-state index in [0.717, 1.165) is 36.7 Å². The fraction of sp³-hybridized carbons (Fsp3) is 0.409. The molecule has 156 valence electrons. The maximum Gasteiger partial charge on any atom is 0.412 e. The first-order valence-corrected chi connectivity index (χ1v) is 9.87. The molecule has 1 heterocycles. The summed E-state index contributed by atoms with van der Waals surface area (Å²) >= 11 is 0. The summed E-state index contributed by atoms with van der Waals surface area (Å²) in [6.45, 7) is 9.61. The topological polar surface area (TPSA) is 87.6 Å². The molecule has 0 spiro atoms. The molecule has 2 aromatic rings. The number of rotatable bonds is 7. The second-order valence-corrected chi connectivity index (χ2v) is 7.52. The number of carbonyl (C=O) groups excluding carboxylic acids is 1. The maximum atomic E-state index is 11.8. The molecule has 7 heteroatoms. The fourth-order valence-corrected chi connectivity index (χ4v) is 2.49. The number of carbonyl (C=O) groups is 1. The third-order valence-corrected chi connectivity index (χ3v) is 3.77. The summed E-state index contributed by atoms with van der Waals surface area (Å²) in [6.07, 6.45) is 2.15. The van der Waals surface area contributed by atoms with Crippen molar-refractivity contribution in [3.63, 3.8) is 0 Å². The van der Waals surface area contributed by atoms with Crippen LogP contribution in [0.2, 0.25) is 0 Å². The number of benzene rings is 1. The Labute approximate surface area is 173 Å². The number of guanidine groups is 1. The predicted molar refractivity (Wildman–Crippen MR) is 117 cm³/mol. The van der Waals surface area contributed by atoms with Gasteiger partial charge in [0, 0.05) is 25.0 Å². The lowest BCUT2D eigenvalue weighted by Crippen LogP contribution is -2.38. The number of nitrogens with zero attached hydrogens (tertiary/aromatic N) is 2. The molecule has 1 amide bonds. The van der Waals surface area contributed by atoms with Crippen molar-refractivity contribution in [2.75, 3.05) is 18.4 Å². The largest absolute Gasteiger partial charge is 0.444 e. The van der Waals surface area contributed by atoms with E-state index in [1.54, 1.807) is 6.20 Å². The van der Waals surface area contributed by atoms with E-state index in [9.17, 15) is 4.79 Å². The minimum atomic E-state index is -0.516. The minimum Gasteiger partial charge on any atom is -0.444 e. The molecule has 0 unspecified atom stereocenters. The van der Waals surface area contributed by atoms with Gasteiger partial charge in [0.15, 0.2) is 5.96 Å². The van der Waals surface area contributed by atoms with E-state index < -0.39 is 11.7 Å². The van der Waals surface area contributed by atoms with Gasteiger partial charge >= 0.3 is 6.09 Å². The van der Waals surface area contributed by atoms with Crippen LogP contribution in [0.4, 0.5) is 10.5 Å². The molecule has 0 aliphatic rings. The van der Waals surface area contributed by atoms with Gasteiger partial charge < -0.3 is 15.4 Å². The zero-order chi connectivity index (χ0) is 21.1. The smallest absolute Gasteiger partial charge is 0.412 e. The van der Waals surface area contributed by atoms with Crippen molar-refractivity contribution in [2.24, 2.45) is 4.99 Å². The van der Waals surface area contributed by atoms with E-state index in [4.69, 9.17) is 4.74 Å². The van der Waals surface area contributed by atoms with Crippen LogP contribution < -0.4 is 16.0 Å². The molecule has 0 bridgehead atoms. The summed E-state index contributed by atoms with van der Waals surface area (Å²) < 4.78 is 5.26. The Morgan fingerprint density at radius 1 is 1.10 bits per heavy atom. The third-order valence-electron chi connectivity index (χ3n) is 3.77. The molecule has 0 saturated heterocycles. The summed E-state index contributed by atoms with van der Waals surface area (Å²) in [5.41, 5.74) is 2.28. The monoisotopic (exact) mass is 397 g/mol. The number of amides is 1. The van der Waals surface area contributed by atoms with Gasteiger partial charge in [-0.3, -0.25) is 10.3 Å². The van der Waals surface area contributed by atoms with Crippen molar-refractivity contribution in [1.82, 2.24) is 15.6 Å². The van der Waals surface area contributed by atoms with E-state index in [1.165, 1.54) is 0 Å². The Balaban J connectivity index is 1.81. The van der Waals surface area contributed by atoms with Gasteiger partial charge in [0.25, 0.3) is 0 Å². The zero-order valence-electron chi connectivity index (χ0n) is 17.7. The lowest BCUT2D eigenvalue weighted by Gasteiger charge is -2.19. The molecule has 1 aromatic heterocycles. The summed E-state index contributed by atoms with van der Waals surface area (Å²) in [5, 5.41) is 9.31. The molecular formula is C22H31N5O2. The van der Waals surface area contributed by atoms with Crippen LogP contribution in [0.15, 0.2) is 53.7 Å². The summed E-state index contributed by atoms with van der Waals surface area (Å²) in [6, 6.07) is 13.5. The van der Waals surface area contributed by atoms with E-state index >= 15 is 0 Å². The first-order chi connectivity index (χ1) is 13.9. The number of pyridine rings is 1. The van der Waals surface area contributed by atoms with Crippen LogP contribution in [0, 0.1) is 0 Å². The Morgan fingerprint density at radius 3 is 2.48 bits per heavy atom. The highest BCUT2D eigenvalue weighted by atomic mass is 16.6. The average Bonchev–Trinajstić information content (AvgIpc) is 2.67. The normalized spacial score (nSPS) is 11.7. The first kappa shape index (κ1) is 22.2. The van der Waals surface area contributed by atoms with Gasteiger partial charge in [-0.2, -0.15) is 0 Å². The van der Waals surface area contributed by atoms with Crippen LogP contribution in [-0.2, 0) is 17.7 Å². The maximum absolute atomic E-state index is 11.8. The quantitative estimate of drug-likeness (QED) is 0.489. The van der Waals surface area contributed by atoms with Gasteiger partial charge in [-0.1, -0.05) is 18.2 Å². The van der Waals surface area contributed by atoms with Crippen LogP contribution in [0.5, 0.6) is 0 Å². The van der Waals surface area contributed by atoms with Crippen LogP contribution in [-0.4, -0.2) is 35.7 Å². The zero-order valence-corrected chi connectivity index (χ0v) is 17.7. The Hall–Kier alpha value is -3.09. The van der Waals surface area contributed by atoms with Gasteiger partial charge in [0.1, 0.15) is 5.60 Å². The van der Waals surface area contributed by atoms with Crippen LogP contribution in [0.25, 0.3) is 0 Å². The van der Waals surface area contributed by atoms with Crippen molar-refractivity contribution in [1.29, 1.82) is 0 Å². The van der Waals surface area contributed by atoms with Crippen molar-refractivity contribution in [2.45, 2.75) is 46.3 Å². The number of aromatic nitrogens is 1. The first-order valence-electron chi connectivity index (χ1n) is 9.87. The second-order valence-electron chi connectivity index (χ2n) is 7.52. The molecule has 0 radical (unpaired) electrons. The lowest BCUT2D eigenvalue weighted by molar-refractivity contribution is 0.0636. The minimum absolute atomic E-state index is 0.452. The average molecular weight is 398 g/mol. The van der Waals surface area contributed by atoms with E-state index in [0.29, 0.717) is 12.2 Å². The Kier molecular flexibility index (Phi) is 8.45. The molecule has 3 N–H and O–H groups in total. The standard InChI is InChI=1S/C22H31N5O2/c1-5-23-20(26-16-19-8-6-7-14-24-19)25-15-13-17-9-11-18(12-10-17)27-21(28)29-22(2,3)4/h6-12,14H,5,13,15-16H2,1-4H3,(H,27,28)(H2,23,25,26). The van der Waals surface area contributed by atoms with Gasteiger partial charge in [0.2, 0.25) is 0 Å². The SMILES string of the molecule is CCNC(=NCc1ccccn1)NCCc1ccc(NC(=O)OC(C)(C)C)cc1. The number of anilines is 1. The fourth-order valence-electron chi connectivity index (χ4n) is 2.49. The molecule has 0 saturated carbocycles. The third kappa shape index (κ3) is 9.10. The predicted octanol–water partition coefficient (Wildman–Crippen LogP) is 3.73. The lowest BCUT2D eigenvalue weighted by atomic mass is 10.1. The number of nitrogens with one attached hydrogen (secondary N) is 3.